The highest BCUT2D eigenvalue weighted by molar-refractivity contribution is 9.13. The van der Waals surface area contributed by atoms with E-state index in [1.807, 2.05) is 6.07 Å². The molecular formula is C20H13Br2N. The molecule has 0 atom stereocenters. The Balaban J connectivity index is 2.21. The Bertz CT molecular complexity index is 1050. The molecule has 0 bridgehead atoms. The van der Waals surface area contributed by atoms with Crippen LogP contribution in [0.4, 0.5) is 5.69 Å². The molecule has 0 spiro atoms. The molecule has 4 aromatic carbocycles. The average molecular weight is 427 g/mol. The fraction of sp³-hybridized carbons (Fsp3) is 0. The third kappa shape index (κ3) is 2.27. The molecular weight excluding hydrogens is 414 g/mol. The van der Waals surface area contributed by atoms with Gasteiger partial charge in [0.05, 0.1) is 10.2 Å². The Kier molecular flexibility index (Phi) is 3.63. The summed E-state index contributed by atoms with van der Waals surface area (Å²) in [7, 11) is 0. The molecule has 4 rings (SSSR count). The van der Waals surface area contributed by atoms with Crippen molar-refractivity contribution in [1.82, 2.24) is 0 Å². The van der Waals surface area contributed by atoms with Crippen LogP contribution in [-0.4, -0.2) is 0 Å². The van der Waals surface area contributed by atoms with Crippen LogP contribution in [0.1, 0.15) is 0 Å². The van der Waals surface area contributed by atoms with Crippen LogP contribution in [0.5, 0.6) is 0 Å². The quantitative estimate of drug-likeness (QED) is 0.334. The maximum atomic E-state index is 6.50. The third-order valence-corrected chi connectivity index (χ3v) is 6.37. The lowest BCUT2D eigenvalue weighted by atomic mass is 9.92. The highest BCUT2D eigenvalue weighted by Gasteiger charge is 2.17. The standard InChI is InChI=1S/C20H13Br2N/c21-18-16-10-4-3-9-15(16)17(20(23)19(18)22)14-11-5-7-12-6-1-2-8-13(12)14/h1-11H,23H2. The number of benzene rings is 4. The minimum atomic E-state index is 0.756. The van der Waals surface area contributed by atoms with Gasteiger partial charge in [0.15, 0.2) is 0 Å². The zero-order valence-corrected chi connectivity index (χ0v) is 15.4. The normalized spacial score (nSPS) is 11.2. The fourth-order valence-corrected chi connectivity index (χ4v) is 4.09. The molecule has 0 saturated carbocycles. The van der Waals surface area contributed by atoms with Gasteiger partial charge in [-0.1, -0.05) is 66.7 Å². The molecule has 0 unspecified atom stereocenters. The minimum Gasteiger partial charge on any atom is -0.397 e. The Labute approximate surface area is 151 Å². The maximum absolute atomic E-state index is 6.50. The first-order chi connectivity index (χ1) is 11.2. The van der Waals surface area contributed by atoms with Gasteiger partial charge in [-0.3, -0.25) is 0 Å². The summed E-state index contributed by atoms with van der Waals surface area (Å²) in [5, 5.41) is 4.72. The van der Waals surface area contributed by atoms with E-state index in [9.17, 15) is 0 Å². The number of nitrogens with two attached hydrogens (primary N) is 1. The van der Waals surface area contributed by atoms with Gasteiger partial charge in [0.1, 0.15) is 0 Å². The van der Waals surface area contributed by atoms with Crippen LogP contribution in [0.25, 0.3) is 32.7 Å². The topological polar surface area (TPSA) is 26.0 Å². The molecule has 0 amide bonds. The van der Waals surface area contributed by atoms with Gasteiger partial charge in [-0.2, -0.15) is 0 Å². The first-order valence-corrected chi connectivity index (χ1v) is 8.90. The zero-order valence-electron chi connectivity index (χ0n) is 12.2. The van der Waals surface area contributed by atoms with Gasteiger partial charge in [0, 0.05) is 10.0 Å². The molecule has 0 aromatic heterocycles. The van der Waals surface area contributed by atoms with Crippen molar-refractivity contribution < 1.29 is 0 Å². The van der Waals surface area contributed by atoms with Crippen molar-refractivity contribution in [3.8, 4) is 11.1 Å². The summed E-state index contributed by atoms with van der Waals surface area (Å²) < 4.78 is 1.90. The van der Waals surface area contributed by atoms with E-state index >= 15 is 0 Å². The molecule has 23 heavy (non-hydrogen) atoms. The SMILES string of the molecule is Nc1c(Br)c(Br)c2ccccc2c1-c1cccc2ccccc12. The molecule has 1 nitrogen and oxygen atoms in total. The van der Waals surface area contributed by atoms with Crippen LogP contribution in [0.3, 0.4) is 0 Å². The number of hydrogen-bond acceptors (Lipinski definition) is 1. The second-order valence-electron chi connectivity index (χ2n) is 5.49. The monoisotopic (exact) mass is 425 g/mol. The lowest BCUT2D eigenvalue weighted by Gasteiger charge is -2.16. The zero-order chi connectivity index (χ0) is 16.0. The van der Waals surface area contributed by atoms with E-state index in [-0.39, 0.29) is 0 Å². The maximum Gasteiger partial charge on any atom is 0.0559 e. The van der Waals surface area contributed by atoms with Crippen LogP contribution in [0.2, 0.25) is 0 Å². The van der Waals surface area contributed by atoms with Crippen molar-refractivity contribution in [3.05, 3.63) is 75.7 Å². The molecule has 0 aliphatic carbocycles. The van der Waals surface area contributed by atoms with Crippen molar-refractivity contribution >= 4 is 59.1 Å². The number of nitrogen functional groups attached to an aromatic ring is 1. The second-order valence-corrected chi connectivity index (χ2v) is 7.07. The van der Waals surface area contributed by atoms with Crippen molar-refractivity contribution in [3.63, 3.8) is 0 Å². The fourth-order valence-electron chi connectivity index (χ4n) is 3.12. The summed E-state index contributed by atoms with van der Waals surface area (Å²) in [6, 6.07) is 23.1. The van der Waals surface area contributed by atoms with Crippen molar-refractivity contribution in [2.24, 2.45) is 0 Å². The highest BCUT2D eigenvalue weighted by atomic mass is 79.9. The number of fused-ring (bicyclic) bond motifs is 2. The Morgan fingerprint density at radius 2 is 1.22 bits per heavy atom. The average Bonchev–Trinajstić information content (AvgIpc) is 2.60. The summed E-state index contributed by atoms with van der Waals surface area (Å²) in [5.41, 5.74) is 9.49. The predicted octanol–water partition coefficient (Wildman–Crippen LogP) is 6.77. The van der Waals surface area contributed by atoms with Crippen molar-refractivity contribution in [2.45, 2.75) is 0 Å². The van der Waals surface area contributed by atoms with Gasteiger partial charge in [-0.15, -0.1) is 0 Å². The molecule has 0 aliphatic heterocycles. The number of halogens is 2. The summed E-state index contributed by atoms with van der Waals surface area (Å²) in [6.07, 6.45) is 0. The van der Waals surface area contributed by atoms with E-state index in [0.29, 0.717) is 0 Å². The van der Waals surface area contributed by atoms with E-state index in [1.54, 1.807) is 0 Å². The van der Waals surface area contributed by atoms with Crippen LogP contribution in [0.15, 0.2) is 75.7 Å². The molecule has 0 aliphatic rings. The number of anilines is 1. The Hall–Kier alpha value is -1.84. The second kappa shape index (κ2) is 5.66. The number of hydrogen-bond donors (Lipinski definition) is 1. The Morgan fingerprint density at radius 3 is 2.00 bits per heavy atom. The van der Waals surface area contributed by atoms with Gasteiger partial charge >= 0.3 is 0 Å². The Morgan fingerprint density at radius 1 is 0.609 bits per heavy atom. The minimum absolute atomic E-state index is 0.756. The smallest absolute Gasteiger partial charge is 0.0559 e. The van der Waals surface area contributed by atoms with Gasteiger partial charge in [-0.05, 0) is 59.0 Å². The molecule has 0 radical (unpaired) electrons. The van der Waals surface area contributed by atoms with Crippen molar-refractivity contribution in [2.75, 3.05) is 5.73 Å². The molecule has 112 valence electrons. The van der Waals surface area contributed by atoms with E-state index in [1.165, 1.54) is 10.8 Å². The largest absolute Gasteiger partial charge is 0.397 e. The van der Waals surface area contributed by atoms with Gasteiger partial charge < -0.3 is 5.73 Å². The van der Waals surface area contributed by atoms with Crippen LogP contribution in [0, 0.1) is 0 Å². The van der Waals surface area contributed by atoms with E-state index in [4.69, 9.17) is 5.73 Å². The van der Waals surface area contributed by atoms with Crippen LogP contribution in [-0.2, 0) is 0 Å². The molecule has 2 N–H and O–H groups in total. The van der Waals surface area contributed by atoms with Crippen molar-refractivity contribution in [1.29, 1.82) is 0 Å². The van der Waals surface area contributed by atoms with Gasteiger partial charge in [0.25, 0.3) is 0 Å². The summed E-state index contributed by atoms with van der Waals surface area (Å²) >= 11 is 7.30. The van der Waals surface area contributed by atoms with E-state index in [2.05, 4.69) is 92.5 Å². The summed E-state index contributed by atoms with van der Waals surface area (Å²) in [4.78, 5) is 0. The highest BCUT2D eigenvalue weighted by Crippen LogP contribution is 2.45. The first kappa shape index (κ1) is 14.7. The summed E-state index contributed by atoms with van der Waals surface area (Å²) in [5.74, 6) is 0. The third-order valence-electron chi connectivity index (χ3n) is 4.19. The molecule has 4 aromatic rings. The van der Waals surface area contributed by atoms with Gasteiger partial charge in [0.2, 0.25) is 0 Å². The first-order valence-electron chi connectivity index (χ1n) is 7.32. The molecule has 3 heteroatoms. The van der Waals surface area contributed by atoms with Crippen LogP contribution < -0.4 is 5.73 Å². The molecule has 0 fully saturated rings. The van der Waals surface area contributed by atoms with E-state index < -0.39 is 0 Å². The number of rotatable bonds is 1. The lowest BCUT2D eigenvalue weighted by molar-refractivity contribution is 1.61. The summed E-state index contributed by atoms with van der Waals surface area (Å²) in [6.45, 7) is 0. The van der Waals surface area contributed by atoms with E-state index in [0.717, 1.165) is 36.5 Å². The molecule has 0 heterocycles. The predicted molar refractivity (Wildman–Crippen MR) is 107 cm³/mol. The lowest BCUT2D eigenvalue weighted by Crippen LogP contribution is -1.95. The van der Waals surface area contributed by atoms with Crippen LogP contribution >= 0.6 is 31.9 Å². The van der Waals surface area contributed by atoms with Gasteiger partial charge in [-0.25, -0.2) is 0 Å². The molecule has 0 saturated heterocycles.